The first kappa shape index (κ1) is 20.6. The second-order valence-electron chi connectivity index (χ2n) is 6.36. The zero-order valence-corrected chi connectivity index (χ0v) is 16.1. The van der Waals surface area contributed by atoms with Gasteiger partial charge in [0.15, 0.2) is 0 Å². The molecule has 1 heterocycles. The summed E-state index contributed by atoms with van der Waals surface area (Å²) in [5.74, 6) is -0.472. The molecule has 0 radical (unpaired) electrons. The maximum Gasteiger partial charge on any atom is 0.337 e. The Bertz CT molecular complexity index is 723. The van der Waals surface area contributed by atoms with Gasteiger partial charge >= 0.3 is 5.97 Å². The van der Waals surface area contributed by atoms with Crippen molar-refractivity contribution < 1.29 is 27.4 Å². The van der Waals surface area contributed by atoms with Gasteiger partial charge < -0.3 is 19.5 Å². The van der Waals surface area contributed by atoms with Crippen molar-refractivity contribution in [1.29, 1.82) is 0 Å². The maximum absolute atomic E-state index is 12.8. The van der Waals surface area contributed by atoms with Crippen LogP contribution in [0, 0.1) is 5.41 Å². The zero-order valence-electron chi connectivity index (χ0n) is 15.3. The lowest BCUT2D eigenvalue weighted by atomic mass is 9.80. The molecular weight excluding hydrogens is 360 g/mol. The highest BCUT2D eigenvalue weighted by Gasteiger charge is 2.34. The number of nitrogens with one attached hydrogen (secondary N) is 2. The average molecular weight is 386 g/mol. The number of ether oxygens (including phenoxy) is 3. The summed E-state index contributed by atoms with van der Waals surface area (Å²) in [7, 11) is 0.422. The summed E-state index contributed by atoms with van der Waals surface area (Å²) in [6.45, 7) is 2.40. The lowest BCUT2D eigenvalue weighted by molar-refractivity contribution is 0.0577. The number of hydrogen-bond acceptors (Lipinski definition) is 7. The first-order valence-electron chi connectivity index (χ1n) is 8.33. The van der Waals surface area contributed by atoms with Gasteiger partial charge in [-0.2, -0.15) is 0 Å². The quantitative estimate of drug-likeness (QED) is 0.636. The van der Waals surface area contributed by atoms with Crippen molar-refractivity contribution in [2.75, 3.05) is 47.6 Å². The molecule has 0 aliphatic carbocycles. The van der Waals surface area contributed by atoms with E-state index in [1.807, 2.05) is 0 Å². The number of carbonyl (C=O) groups excluding carboxylic acids is 1. The van der Waals surface area contributed by atoms with Crippen LogP contribution in [0.15, 0.2) is 23.1 Å². The fourth-order valence-corrected chi connectivity index (χ4v) is 4.40. The molecule has 1 aromatic rings. The van der Waals surface area contributed by atoms with Gasteiger partial charge in [-0.1, -0.05) is 0 Å². The number of hydrogen-bond donors (Lipinski definition) is 2. The van der Waals surface area contributed by atoms with Crippen molar-refractivity contribution >= 4 is 16.0 Å². The molecule has 0 aromatic heterocycles. The summed E-state index contributed by atoms with van der Waals surface area (Å²) in [6.07, 6.45) is 1.64. The van der Waals surface area contributed by atoms with E-state index in [1.165, 1.54) is 32.4 Å². The number of sulfonamides is 1. The SMILES string of the molecule is COCC1(CNS(=O)(=O)c2ccc(C(=O)OC)cc2OC)CCNCC1. The highest BCUT2D eigenvalue weighted by atomic mass is 32.2. The molecule has 0 saturated carbocycles. The molecule has 2 N–H and O–H groups in total. The predicted octanol–water partition coefficient (Wildman–Crippen LogP) is 0.776. The van der Waals surface area contributed by atoms with Gasteiger partial charge in [0.05, 0.1) is 26.4 Å². The van der Waals surface area contributed by atoms with Gasteiger partial charge in [0.2, 0.25) is 10.0 Å². The second kappa shape index (κ2) is 8.81. The van der Waals surface area contributed by atoms with Crippen LogP contribution in [0.3, 0.4) is 0 Å². The maximum atomic E-state index is 12.8. The summed E-state index contributed by atoms with van der Waals surface area (Å²) in [5, 5.41) is 3.27. The molecule has 0 unspecified atom stereocenters. The van der Waals surface area contributed by atoms with Crippen molar-refractivity contribution in [2.45, 2.75) is 17.7 Å². The fraction of sp³-hybridized carbons (Fsp3) is 0.588. The van der Waals surface area contributed by atoms with E-state index in [9.17, 15) is 13.2 Å². The fourth-order valence-electron chi connectivity index (χ4n) is 3.10. The topological polar surface area (TPSA) is 103 Å². The van der Waals surface area contributed by atoms with E-state index < -0.39 is 16.0 Å². The molecule has 0 bridgehead atoms. The van der Waals surface area contributed by atoms with E-state index in [0.717, 1.165) is 25.9 Å². The van der Waals surface area contributed by atoms with Crippen LogP contribution in [-0.2, 0) is 19.5 Å². The molecule has 9 heteroatoms. The Kier molecular flexibility index (Phi) is 6.99. The molecule has 0 amide bonds. The summed E-state index contributed by atoms with van der Waals surface area (Å²) in [6, 6.07) is 4.10. The van der Waals surface area contributed by atoms with E-state index in [-0.39, 0.29) is 28.2 Å². The largest absolute Gasteiger partial charge is 0.495 e. The van der Waals surface area contributed by atoms with E-state index in [0.29, 0.717) is 6.61 Å². The lowest BCUT2D eigenvalue weighted by Gasteiger charge is -2.37. The smallest absolute Gasteiger partial charge is 0.337 e. The second-order valence-corrected chi connectivity index (χ2v) is 8.10. The normalized spacial score (nSPS) is 16.9. The minimum absolute atomic E-state index is 0.0193. The van der Waals surface area contributed by atoms with Crippen molar-refractivity contribution in [1.82, 2.24) is 10.0 Å². The number of rotatable bonds is 8. The van der Waals surface area contributed by atoms with Crippen molar-refractivity contribution in [3.63, 3.8) is 0 Å². The number of esters is 1. The van der Waals surface area contributed by atoms with Crippen LogP contribution in [-0.4, -0.2) is 62.0 Å². The molecule has 2 rings (SSSR count). The third-order valence-corrected chi connectivity index (χ3v) is 6.07. The monoisotopic (exact) mass is 386 g/mol. The summed E-state index contributed by atoms with van der Waals surface area (Å²) < 4.78 is 43.4. The Morgan fingerprint density at radius 2 is 1.92 bits per heavy atom. The Hall–Kier alpha value is -1.68. The Balaban J connectivity index is 2.22. The Morgan fingerprint density at radius 3 is 2.50 bits per heavy atom. The van der Waals surface area contributed by atoms with Crippen LogP contribution >= 0.6 is 0 Å². The van der Waals surface area contributed by atoms with Crippen LogP contribution in [0.4, 0.5) is 0 Å². The number of piperidine rings is 1. The molecule has 146 valence electrons. The Labute approximate surface area is 154 Å². The van der Waals surface area contributed by atoms with Crippen LogP contribution in [0.25, 0.3) is 0 Å². The number of methoxy groups -OCH3 is 3. The molecule has 0 spiro atoms. The van der Waals surface area contributed by atoms with Gasteiger partial charge in [0.25, 0.3) is 0 Å². The van der Waals surface area contributed by atoms with Gasteiger partial charge in [-0.3, -0.25) is 0 Å². The molecule has 8 nitrogen and oxygen atoms in total. The third-order valence-electron chi connectivity index (χ3n) is 4.63. The minimum atomic E-state index is -3.81. The molecular formula is C17H26N2O6S. The van der Waals surface area contributed by atoms with Gasteiger partial charge in [0, 0.05) is 19.1 Å². The Morgan fingerprint density at radius 1 is 1.23 bits per heavy atom. The van der Waals surface area contributed by atoms with Crippen molar-refractivity contribution in [2.24, 2.45) is 5.41 Å². The molecule has 26 heavy (non-hydrogen) atoms. The van der Waals surface area contributed by atoms with Crippen molar-refractivity contribution in [3.8, 4) is 5.75 Å². The average Bonchev–Trinajstić information content (AvgIpc) is 2.66. The van der Waals surface area contributed by atoms with E-state index >= 15 is 0 Å². The number of benzene rings is 1. The first-order valence-corrected chi connectivity index (χ1v) is 9.81. The van der Waals surface area contributed by atoms with Crippen molar-refractivity contribution in [3.05, 3.63) is 23.8 Å². The van der Waals surface area contributed by atoms with Gasteiger partial charge in [-0.05, 0) is 44.1 Å². The van der Waals surface area contributed by atoms with Gasteiger partial charge in [0.1, 0.15) is 10.6 Å². The van der Waals surface area contributed by atoms with Gasteiger partial charge in [-0.15, -0.1) is 0 Å². The molecule has 0 atom stereocenters. The minimum Gasteiger partial charge on any atom is -0.495 e. The third kappa shape index (κ3) is 4.73. The van der Waals surface area contributed by atoms with Crippen LogP contribution in [0.1, 0.15) is 23.2 Å². The summed E-state index contributed by atoms with van der Waals surface area (Å²) >= 11 is 0. The van der Waals surface area contributed by atoms with Crippen LogP contribution in [0.5, 0.6) is 5.75 Å². The predicted molar refractivity (Wildman–Crippen MR) is 95.9 cm³/mol. The molecule has 1 saturated heterocycles. The highest BCUT2D eigenvalue weighted by Crippen LogP contribution is 2.30. The van der Waals surface area contributed by atoms with Crippen LogP contribution < -0.4 is 14.8 Å². The van der Waals surface area contributed by atoms with E-state index in [2.05, 4.69) is 14.8 Å². The van der Waals surface area contributed by atoms with E-state index in [4.69, 9.17) is 9.47 Å². The lowest BCUT2D eigenvalue weighted by Crippen LogP contribution is -2.47. The van der Waals surface area contributed by atoms with Gasteiger partial charge in [-0.25, -0.2) is 17.9 Å². The molecule has 1 aliphatic rings. The summed E-state index contributed by atoms with van der Waals surface area (Å²) in [4.78, 5) is 11.6. The highest BCUT2D eigenvalue weighted by molar-refractivity contribution is 7.89. The first-order chi connectivity index (χ1) is 12.4. The molecule has 1 aliphatic heterocycles. The standard InChI is InChI=1S/C17H26N2O6S/c1-23-12-17(6-8-18-9-7-17)11-19-26(21,22)15-5-4-13(16(20)25-3)10-14(15)24-2/h4-5,10,18-19H,6-9,11-12H2,1-3H3. The van der Waals surface area contributed by atoms with Crippen LogP contribution in [0.2, 0.25) is 0 Å². The van der Waals surface area contributed by atoms with E-state index in [1.54, 1.807) is 7.11 Å². The molecule has 1 aromatic carbocycles. The molecule has 1 fully saturated rings. The zero-order chi connectivity index (χ0) is 19.2. The summed E-state index contributed by atoms with van der Waals surface area (Å²) in [5.41, 5.74) is -0.0239. The number of carbonyl (C=O) groups is 1.